The second-order valence-corrected chi connectivity index (χ2v) is 15.0. The Labute approximate surface area is 243 Å². The van der Waals surface area contributed by atoms with E-state index in [0.29, 0.717) is 5.29 Å². The molecule has 3 aromatic rings. The highest BCUT2D eigenvalue weighted by atomic mass is 31.2. The Morgan fingerprint density at radius 3 is 1.78 bits per heavy atom. The van der Waals surface area contributed by atoms with Crippen molar-refractivity contribution < 1.29 is 19.1 Å². The molecule has 2 aliphatic rings. The second kappa shape index (κ2) is 11.3. The van der Waals surface area contributed by atoms with Crippen LogP contribution in [0.4, 0.5) is 0 Å². The van der Waals surface area contributed by atoms with E-state index >= 15 is 4.79 Å². The Morgan fingerprint density at radius 2 is 1.37 bits per heavy atom. The molecule has 41 heavy (non-hydrogen) atoms. The van der Waals surface area contributed by atoms with Crippen LogP contribution in [0.3, 0.4) is 0 Å². The van der Waals surface area contributed by atoms with Crippen LogP contribution in [0.15, 0.2) is 103 Å². The zero-order valence-electron chi connectivity index (χ0n) is 24.2. The molecular weight excluding hydrogens is 529 g/mol. The smallest absolute Gasteiger partial charge is 0.330 e. The van der Waals surface area contributed by atoms with Crippen LogP contribution in [0.25, 0.3) is 0 Å². The van der Waals surface area contributed by atoms with E-state index in [4.69, 9.17) is 4.74 Å². The summed E-state index contributed by atoms with van der Waals surface area (Å²) in [6.07, 6.45) is 4.90. The molecule has 0 N–H and O–H groups in total. The molecule has 1 heterocycles. The quantitative estimate of drug-likeness (QED) is 0.213. The number of ether oxygens (including phenoxy) is 1. The van der Waals surface area contributed by atoms with Gasteiger partial charge in [0.1, 0.15) is 0 Å². The van der Waals surface area contributed by atoms with Gasteiger partial charge in [-0.15, -0.1) is 0 Å². The number of carbonyl (C=O) groups is 3. The fourth-order valence-electron chi connectivity index (χ4n) is 6.79. The van der Waals surface area contributed by atoms with E-state index in [1.165, 1.54) is 6.08 Å². The van der Waals surface area contributed by atoms with Crippen molar-refractivity contribution in [2.75, 3.05) is 6.61 Å². The van der Waals surface area contributed by atoms with E-state index in [2.05, 4.69) is 50.2 Å². The lowest BCUT2D eigenvalue weighted by Crippen LogP contribution is -2.49. The first-order valence-corrected chi connectivity index (χ1v) is 16.1. The van der Waals surface area contributed by atoms with Gasteiger partial charge in [0.25, 0.3) is 5.91 Å². The zero-order valence-corrected chi connectivity index (χ0v) is 25.1. The van der Waals surface area contributed by atoms with E-state index in [0.717, 1.165) is 28.8 Å². The van der Waals surface area contributed by atoms with Crippen molar-refractivity contribution in [2.24, 2.45) is 10.8 Å². The molecule has 2 amide bonds. The minimum absolute atomic E-state index is 0.0945. The van der Waals surface area contributed by atoms with E-state index in [1.54, 1.807) is 17.9 Å². The minimum Gasteiger partial charge on any atom is -0.463 e. The van der Waals surface area contributed by atoms with E-state index in [1.807, 2.05) is 61.5 Å². The molecule has 212 valence electrons. The molecule has 2 atom stereocenters. The number of benzene rings is 3. The van der Waals surface area contributed by atoms with Crippen molar-refractivity contribution in [1.82, 2.24) is 4.90 Å². The molecule has 3 aromatic carbocycles. The lowest BCUT2D eigenvalue weighted by molar-refractivity contribution is -0.146. The Morgan fingerprint density at radius 1 is 0.878 bits per heavy atom. The number of allylic oxidation sites excluding steroid dienone is 1. The third-order valence-electron chi connectivity index (χ3n) is 9.33. The van der Waals surface area contributed by atoms with Crippen LogP contribution in [0, 0.1) is 10.8 Å². The van der Waals surface area contributed by atoms with Crippen molar-refractivity contribution in [3.8, 4) is 0 Å². The number of hydrogen-bond acceptors (Lipinski definition) is 4. The van der Waals surface area contributed by atoms with Gasteiger partial charge in [-0.1, -0.05) is 118 Å². The summed E-state index contributed by atoms with van der Waals surface area (Å²) in [6, 6.07) is 30.2. The molecule has 0 unspecified atom stereocenters. The summed E-state index contributed by atoms with van der Waals surface area (Å²) < 4.78 is 5.15. The molecule has 1 saturated heterocycles. The summed E-state index contributed by atoms with van der Waals surface area (Å²) in [5, 5.41) is 3.69. The molecule has 1 saturated carbocycles. The van der Waals surface area contributed by atoms with Crippen molar-refractivity contribution in [1.29, 1.82) is 0 Å². The summed E-state index contributed by atoms with van der Waals surface area (Å²) in [6.45, 7) is 5.48. The summed E-state index contributed by atoms with van der Waals surface area (Å²) in [7, 11) is 0. The Hall–Kier alpha value is -3.69. The maximum atomic E-state index is 15.1. The summed E-state index contributed by atoms with van der Waals surface area (Å²) in [5.74, 6) is -0.787. The van der Waals surface area contributed by atoms with Gasteiger partial charge >= 0.3 is 5.97 Å². The van der Waals surface area contributed by atoms with Crippen molar-refractivity contribution in [3.63, 3.8) is 0 Å². The summed E-state index contributed by atoms with van der Waals surface area (Å²) in [4.78, 5) is 43.1. The highest BCUT2D eigenvalue weighted by Gasteiger charge is 2.67. The Balaban J connectivity index is 1.86. The molecule has 2 bridgehead atoms. The SMILES string of the molecule is CCOC(=O)/C=C/CC(C(=O)N1C(=O)[C@]2(C)CC[C@H]1C2(C)C)=P(c1ccccc1)(c1ccccc1)c1ccccc1. The first-order chi connectivity index (χ1) is 19.7. The average Bonchev–Trinajstić information content (AvgIpc) is 3.30. The number of fused-ring (bicyclic) bond motifs is 2. The van der Waals surface area contributed by atoms with Crippen LogP contribution in [-0.2, 0) is 19.1 Å². The van der Waals surface area contributed by atoms with Gasteiger partial charge in [-0.05, 0) is 54.4 Å². The molecule has 5 rings (SSSR count). The average molecular weight is 568 g/mol. The summed E-state index contributed by atoms with van der Waals surface area (Å²) in [5.41, 5.74) is -0.925. The summed E-state index contributed by atoms with van der Waals surface area (Å²) >= 11 is 0. The molecule has 2 fully saturated rings. The Bertz CT molecular complexity index is 1420. The van der Waals surface area contributed by atoms with Crippen LogP contribution in [0.1, 0.15) is 47.0 Å². The number of likely N-dealkylation sites (tertiary alicyclic amines) is 1. The van der Waals surface area contributed by atoms with Crippen molar-refractivity contribution in [3.05, 3.63) is 103 Å². The number of amides is 2. The third kappa shape index (κ3) is 4.61. The van der Waals surface area contributed by atoms with Gasteiger partial charge < -0.3 is 4.74 Å². The van der Waals surface area contributed by atoms with Gasteiger partial charge in [0.05, 0.1) is 12.0 Å². The van der Waals surface area contributed by atoms with Gasteiger partial charge in [0.2, 0.25) is 5.91 Å². The monoisotopic (exact) mass is 567 g/mol. The van der Waals surface area contributed by atoms with E-state index in [9.17, 15) is 9.59 Å². The first kappa shape index (κ1) is 28.8. The molecule has 0 radical (unpaired) electrons. The Kier molecular flexibility index (Phi) is 7.94. The topological polar surface area (TPSA) is 63.7 Å². The van der Waals surface area contributed by atoms with Crippen LogP contribution in [0.2, 0.25) is 0 Å². The van der Waals surface area contributed by atoms with Crippen molar-refractivity contribution in [2.45, 2.75) is 53.0 Å². The second-order valence-electron chi connectivity index (χ2n) is 11.6. The van der Waals surface area contributed by atoms with Gasteiger partial charge in [-0.25, -0.2) is 4.79 Å². The number of hydrogen-bond donors (Lipinski definition) is 0. The number of piperidine rings is 1. The number of rotatable bonds is 8. The van der Waals surface area contributed by atoms with Gasteiger partial charge in [-0.3, -0.25) is 14.5 Å². The van der Waals surface area contributed by atoms with Crippen LogP contribution in [0.5, 0.6) is 0 Å². The number of imide groups is 1. The van der Waals surface area contributed by atoms with Gasteiger partial charge in [0, 0.05) is 17.4 Å². The molecule has 0 spiro atoms. The number of carbonyl (C=O) groups excluding carboxylic acids is 3. The standard InChI is InChI=1S/C35H38NO4P/c1-5-40-31(37)23-15-22-29(32(38)36-30-24-25-35(4,33(36)39)34(30,2)3)41(26-16-9-6-10-17-26,27-18-11-7-12-19-27)28-20-13-8-14-21-28/h6-21,23,30H,5,22,24-25H2,1-4H3/b23-15+/t30-,35-/m0/s1. The number of esters is 1. The lowest BCUT2D eigenvalue weighted by Gasteiger charge is -2.35. The van der Waals surface area contributed by atoms with Gasteiger partial charge in [-0.2, -0.15) is 0 Å². The van der Waals surface area contributed by atoms with Crippen molar-refractivity contribution >= 4 is 45.9 Å². The zero-order chi connectivity index (χ0) is 29.3. The molecular formula is C35H38NO4P. The lowest BCUT2D eigenvalue weighted by atomic mass is 9.70. The highest BCUT2D eigenvalue weighted by Crippen LogP contribution is 2.61. The molecule has 5 nitrogen and oxygen atoms in total. The van der Waals surface area contributed by atoms with Crippen LogP contribution in [-0.4, -0.2) is 40.6 Å². The fourth-order valence-corrected chi connectivity index (χ4v) is 11.2. The molecule has 0 aromatic heterocycles. The largest absolute Gasteiger partial charge is 0.463 e. The van der Waals surface area contributed by atoms with Crippen LogP contribution >= 0.6 is 6.89 Å². The maximum Gasteiger partial charge on any atom is 0.330 e. The minimum atomic E-state index is -2.79. The normalized spacial score (nSPS) is 21.3. The molecule has 1 aliphatic carbocycles. The number of nitrogens with zero attached hydrogens (tertiary/aromatic N) is 1. The van der Waals surface area contributed by atoms with Gasteiger partial charge in [0.15, 0.2) is 0 Å². The predicted octanol–water partition coefficient (Wildman–Crippen LogP) is 5.23. The maximum absolute atomic E-state index is 15.1. The third-order valence-corrected chi connectivity index (χ3v) is 13.7. The molecule has 6 heteroatoms. The first-order valence-electron chi connectivity index (χ1n) is 14.3. The van der Waals surface area contributed by atoms with E-state index < -0.39 is 18.3 Å². The molecule has 1 aliphatic heterocycles. The van der Waals surface area contributed by atoms with E-state index in [-0.39, 0.29) is 36.3 Å². The predicted molar refractivity (Wildman–Crippen MR) is 167 cm³/mol. The van der Waals surface area contributed by atoms with Crippen LogP contribution < -0.4 is 15.9 Å². The fraction of sp³-hybridized carbons (Fsp3) is 0.314. The highest BCUT2D eigenvalue weighted by molar-refractivity contribution is 7.96.